The van der Waals surface area contributed by atoms with Crippen LogP contribution in [-0.4, -0.2) is 44.2 Å². The van der Waals surface area contributed by atoms with Gasteiger partial charge in [0, 0.05) is 17.9 Å². The monoisotopic (exact) mass is 452 g/mol. The van der Waals surface area contributed by atoms with Crippen LogP contribution in [-0.2, 0) is 16.1 Å². The molecule has 0 radical (unpaired) electrons. The standard InChI is InChI=1S/C23H24N4O4S/c1-14-7-8-16(11-15(14)2)24-22(30)19-12-32-13-26(19)20(28)9-10-27-23(31)18-6-4-3-5-17(18)21(29)25-27/h3-8,11,19H,9-10,12-13H2,1-2H3,(H,24,30)(H,25,29). The summed E-state index contributed by atoms with van der Waals surface area (Å²) in [4.78, 5) is 52.1. The zero-order valence-electron chi connectivity index (χ0n) is 17.9. The molecule has 2 heterocycles. The minimum absolute atomic E-state index is 0.00215. The third-order valence-electron chi connectivity index (χ3n) is 5.71. The molecule has 1 aliphatic heterocycles. The van der Waals surface area contributed by atoms with E-state index < -0.39 is 6.04 Å². The number of nitrogens with one attached hydrogen (secondary N) is 2. The van der Waals surface area contributed by atoms with Gasteiger partial charge in [0.05, 0.1) is 23.2 Å². The highest BCUT2D eigenvalue weighted by atomic mass is 32.2. The number of H-pyrrole nitrogens is 1. The van der Waals surface area contributed by atoms with Crippen molar-refractivity contribution < 1.29 is 9.59 Å². The van der Waals surface area contributed by atoms with Gasteiger partial charge in [0.25, 0.3) is 11.1 Å². The lowest BCUT2D eigenvalue weighted by atomic mass is 10.1. The highest BCUT2D eigenvalue weighted by Gasteiger charge is 2.34. The van der Waals surface area contributed by atoms with Gasteiger partial charge in [0.15, 0.2) is 0 Å². The van der Waals surface area contributed by atoms with E-state index in [1.54, 1.807) is 24.3 Å². The summed E-state index contributed by atoms with van der Waals surface area (Å²) < 4.78 is 1.16. The van der Waals surface area contributed by atoms with E-state index in [4.69, 9.17) is 0 Å². The van der Waals surface area contributed by atoms with Gasteiger partial charge >= 0.3 is 0 Å². The van der Waals surface area contributed by atoms with Crippen LogP contribution in [0.5, 0.6) is 0 Å². The Hall–Kier alpha value is -3.33. The fourth-order valence-corrected chi connectivity index (χ4v) is 4.89. The van der Waals surface area contributed by atoms with Gasteiger partial charge in [-0.25, -0.2) is 4.68 Å². The minimum atomic E-state index is -0.582. The Balaban J connectivity index is 1.45. The van der Waals surface area contributed by atoms with Crippen molar-refractivity contribution in [2.45, 2.75) is 32.9 Å². The lowest BCUT2D eigenvalue weighted by Crippen LogP contribution is -2.45. The van der Waals surface area contributed by atoms with Gasteiger partial charge in [0.1, 0.15) is 6.04 Å². The maximum Gasteiger partial charge on any atom is 0.273 e. The van der Waals surface area contributed by atoms with Crippen molar-refractivity contribution in [2.24, 2.45) is 0 Å². The molecule has 1 aromatic heterocycles. The van der Waals surface area contributed by atoms with Crippen molar-refractivity contribution in [2.75, 3.05) is 16.9 Å². The largest absolute Gasteiger partial charge is 0.324 e. The lowest BCUT2D eigenvalue weighted by molar-refractivity contribution is -0.136. The first-order valence-electron chi connectivity index (χ1n) is 10.3. The molecule has 3 aromatic rings. The molecule has 1 saturated heterocycles. The molecular weight excluding hydrogens is 428 g/mol. The predicted molar refractivity (Wildman–Crippen MR) is 126 cm³/mol. The number of carbonyl (C=O) groups is 2. The van der Waals surface area contributed by atoms with E-state index in [-0.39, 0.29) is 35.9 Å². The van der Waals surface area contributed by atoms with Gasteiger partial charge in [0.2, 0.25) is 11.8 Å². The summed E-state index contributed by atoms with van der Waals surface area (Å²) in [5, 5.41) is 6.06. The van der Waals surface area contributed by atoms with E-state index in [9.17, 15) is 19.2 Å². The summed E-state index contributed by atoms with van der Waals surface area (Å²) in [5.41, 5.74) is 2.18. The second-order valence-corrected chi connectivity index (χ2v) is 8.86. The smallest absolute Gasteiger partial charge is 0.273 e. The quantitative estimate of drug-likeness (QED) is 0.618. The minimum Gasteiger partial charge on any atom is -0.324 e. The zero-order valence-corrected chi connectivity index (χ0v) is 18.7. The van der Waals surface area contributed by atoms with E-state index >= 15 is 0 Å². The number of aromatic amines is 1. The van der Waals surface area contributed by atoms with Crippen molar-refractivity contribution >= 4 is 40.0 Å². The summed E-state index contributed by atoms with van der Waals surface area (Å²) in [6, 6.07) is 11.7. The van der Waals surface area contributed by atoms with Crippen LogP contribution in [0, 0.1) is 13.8 Å². The molecule has 1 aliphatic rings. The molecule has 0 saturated carbocycles. The molecule has 2 aromatic carbocycles. The van der Waals surface area contributed by atoms with Gasteiger partial charge in [-0.2, -0.15) is 0 Å². The van der Waals surface area contributed by atoms with E-state index in [0.717, 1.165) is 15.8 Å². The van der Waals surface area contributed by atoms with Crippen LogP contribution in [0.2, 0.25) is 0 Å². The highest BCUT2D eigenvalue weighted by molar-refractivity contribution is 7.99. The number of carbonyl (C=O) groups excluding carboxylic acids is 2. The first-order chi connectivity index (χ1) is 15.3. The topological polar surface area (TPSA) is 104 Å². The number of thioether (sulfide) groups is 1. The number of hydrogen-bond donors (Lipinski definition) is 2. The highest BCUT2D eigenvalue weighted by Crippen LogP contribution is 2.24. The summed E-state index contributed by atoms with van der Waals surface area (Å²) in [7, 11) is 0. The molecule has 0 aliphatic carbocycles. The number of rotatable bonds is 5. The van der Waals surface area contributed by atoms with Gasteiger partial charge in [-0.1, -0.05) is 18.2 Å². The zero-order chi connectivity index (χ0) is 22.8. The van der Waals surface area contributed by atoms with Crippen LogP contribution in [0.4, 0.5) is 5.69 Å². The SMILES string of the molecule is Cc1ccc(NC(=O)C2CSCN2C(=O)CCn2[nH]c(=O)c3ccccc3c2=O)cc1C. The lowest BCUT2D eigenvalue weighted by Gasteiger charge is -2.23. The Kier molecular flexibility index (Phi) is 6.18. The summed E-state index contributed by atoms with van der Waals surface area (Å²) in [6.45, 7) is 4.01. The van der Waals surface area contributed by atoms with E-state index in [2.05, 4.69) is 10.4 Å². The van der Waals surface area contributed by atoms with E-state index in [1.807, 2.05) is 32.0 Å². The molecular formula is C23H24N4O4S. The number of fused-ring (bicyclic) bond motifs is 1. The molecule has 0 bridgehead atoms. The first kappa shape index (κ1) is 21.9. The summed E-state index contributed by atoms with van der Waals surface area (Å²) >= 11 is 1.51. The molecule has 1 unspecified atom stereocenters. The molecule has 2 N–H and O–H groups in total. The number of amides is 2. The number of anilines is 1. The van der Waals surface area contributed by atoms with Crippen LogP contribution in [0.1, 0.15) is 17.5 Å². The Labute approximate surface area is 188 Å². The maximum atomic E-state index is 12.9. The number of benzene rings is 2. The van der Waals surface area contributed by atoms with Crippen LogP contribution in [0.3, 0.4) is 0 Å². The Morgan fingerprint density at radius 1 is 1.09 bits per heavy atom. The number of aromatic nitrogens is 2. The predicted octanol–water partition coefficient (Wildman–Crippen LogP) is 2.24. The maximum absolute atomic E-state index is 12.9. The number of aryl methyl sites for hydroxylation is 3. The molecule has 1 atom stereocenters. The average Bonchev–Trinajstić information content (AvgIpc) is 3.28. The third kappa shape index (κ3) is 4.34. The third-order valence-corrected chi connectivity index (χ3v) is 6.72. The van der Waals surface area contributed by atoms with Gasteiger partial charge in [-0.15, -0.1) is 11.8 Å². The van der Waals surface area contributed by atoms with Crippen LogP contribution < -0.4 is 16.4 Å². The van der Waals surface area contributed by atoms with Gasteiger partial charge in [-0.3, -0.25) is 24.3 Å². The average molecular weight is 453 g/mol. The summed E-state index contributed by atoms with van der Waals surface area (Å²) in [5.74, 6) is 0.446. The Bertz CT molecular complexity index is 1310. The normalized spacial score (nSPS) is 15.8. The molecule has 9 heteroatoms. The fourth-order valence-electron chi connectivity index (χ4n) is 3.71. The second kappa shape index (κ2) is 9.04. The summed E-state index contributed by atoms with van der Waals surface area (Å²) in [6.07, 6.45) is 0.00215. The molecule has 0 spiro atoms. The first-order valence-corrected chi connectivity index (χ1v) is 11.5. The van der Waals surface area contributed by atoms with Crippen LogP contribution in [0.25, 0.3) is 10.8 Å². The molecule has 32 heavy (non-hydrogen) atoms. The van der Waals surface area contributed by atoms with Crippen molar-refractivity contribution in [1.82, 2.24) is 14.7 Å². The fraction of sp³-hybridized carbons (Fsp3) is 0.304. The van der Waals surface area contributed by atoms with Crippen molar-refractivity contribution in [3.05, 3.63) is 74.3 Å². The second-order valence-electron chi connectivity index (χ2n) is 7.86. The van der Waals surface area contributed by atoms with Gasteiger partial charge in [-0.05, 0) is 49.2 Å². The van der Waals surface area contributed by atoms with Crippen molar-refractivity contribution in [3.63, 3.8) is 0 Å². The van der Waals surface area contributed by atoms with E-state index in [0.29, 0.717) is 28.1 Å². The van der Waals surface area contributed by atoms with Crippen molar-refractivity contribution in [3.8, 4) is 0 Å². The molecule has 2 amide bonds. The Morgan fingerprint density at radius 3 is 2.59 bits per heavy atom. The van der Waals surface area contributed by atoms with E-state index in [1.165, 1.54) is 16.7 Å². The Morgan fingerprint density at radius 2 is 1.84 bits per heavy atom. The molecule has 4 rings (SSSR count). The van der Waals surface area contributed by atoms with Crippen LogP contribution >= 0.6 is 11.8 Å². The van der Waals surface area contributed by atoms with Gasteiger partial charge < -0.3 is 10.2 Å². The molecule has 8 nitrogen and oxygen atoms in total. The molecule has 1 fully saturated rings. The number of nitrogens with zero attached hydrogens (tertiary/aromatic N) is 2. The van der Waals surface area contributed by atoms with Crippen molar-refractivity contribution in [1.29, 1.82) is 0 Å². The number of hydrogen-bond acceptors (Lipinski definition) is 5. The van der Waals surface area contributed by atoms with Crippen LogP contribution in [0.15, 0.2) is 52.1 Å². The molecule has 166 valence electrons.